The maximum absolute atomic E-state index is 12.8. The standard InChI is InChI=1S/C22H22N4O4/c1-3-29-21(28)17-10-12-18(13-11-17)26-22(30-4-2)25(20(27)19(14-23)24-26)15-16-8-6-5-7-9-16/h5-13,22H,3-4,15H2,1-2H3. The molecule has 0 radical (unpaired) electrons. The molecule has 8 heteroatoms. The average Bonchev–Trinajstić information content (AvgIpc) is 2.77. The van der Waals surface area contributed by atoms with Crippen molar-refractivity contribution in [1.29, 1.82) is 5.26 Å². The van der Waals surface area contributed by atoms with E-state index in [0.29, 0.717) is 17.9 Å². The van der Waals surface area contributed by atoms with Gasteiger partial charge in [0.2, 0.25) is 12.1 Å². The van der Waals surface area contributed by atoms with Crippen LogP contribution in [0.15, 0.2) is 59.7 Å². The Hall–Kier alpha value is -3.70. The van der Waals surface area contributed by atoms with Gasteiger partial charge < -0.3 is 9.47 Å². The SMILES string of the molecule is CCOC(=O)c1ccc(N2N=C(C#N)C(=O)N(Cc3ccccc3)C2OCC)cc1. The van der Waals surface area contributed by atoms with Crippen LogP contribution in [0.2, 0.25) is 0 Å². The smallest absolute Gasteiger partial charge is 0.338 e. The number of esters is 1. The molecule has 3 rings (SSSR count). The zero-order valence-corrected chi connectivity index (χ0v) is 16.8. The van der Waals surface area contributed by atoms with E-state index in [2.05, 4.69) is 5.10 Å². The van der Waals surface area contributed by atoms with E-state index in [1.807, 2.05) is 43.3 Å². The topological polar surface area (TPSA) is 95.2 Å². The Morgan fingerprint density at radius 2 is 1.80 bits per heavy atom. The zero-order chi connectivity index (χ0) is 21.5. The largest absolute Gasteiger partial charge is 0.462 e. The summed E-state index contributed by atoms with van der Waals surface area (Å²) in [6, 6.07) is 17.9. The predicted octanol–water partition coefficient (Wildman–Crippen LogP) is 2.91. The lowest BCUT2D eigenvalue weighted by molar-refractivity contribution is -0.141. The summed E-state index contributed by atoms with van der Waals surface area (Å²) in [5, 5.41) is 15.1. The van der Waals surface area contributed by atoms with Crippen LogP contribution in [-0.2, 0) is 20.8 Å². The molecule has 1 aliphatic rings. The molecular formula is C22H22N4O4. The van der Waals surface area contributed by atoms with Gasteiger partial charge in [-0.05, 0) is 43.7 Å². The van der Waals surface area contributed by atoms with Crippen LogP contribution in [-0.4, -0.2) is 42.1 Å². The van der Waals surface area contributed by atoms with Crippen molar-refractivity contribution in [2.24, 2.45) is 5.10 Å². The van der Waals surface area contributed by atoms with Crippen LogP contribution >= 0.6 is 0 Å². The quantitative estimate of drug-likeness (QED) is 0.656. The first kappa shape index (κ1) is 21.0. The highest BCUT2D eigenvalue weighted by molar-refractivity contribution is 6.45. The number of nitrogens with zero attached hydrogens (tertiary/aromatic N) is 4. The number of hydrogen-bond acceptors (Lipinski definition) is 7. The molecule has 30 heavy (non-hydrogen) atoms. The van der Waals surface area contributed by atoms with Gasteiger partial charge in [0.05, 0.1) is 24.4 Å². The Morgan fingerprint density at radius 3 is 2.40 bits per heavy atom. The molecular weight excluding hydrogens is 384 g/mol. The van der Waals surface area contributed by atoms with Gasteiger partial charge >= 0.3 is 5.97 Å². The number of hydrogen-bond donors (Lipinski definition) is 0. The number of rotatable bonds is 7. The van der Waals surface area contributed by atoms with Crippen molar-refractivity contribution >= 4 is 23.3 Å². The number of carbonyl (C=O) groups is 2. The van der Waals surface area contributed by atoms with E-state index in [-0.39, 0.29) is 18.9 Å². The second-order valence-electron chi connectivity index (χ2n) is 6.37. The monoisotopic (exact) mass is 406 g/mol. The molecule has 1 heterocycles. The van der Waals surface area contributed by atoms with E-state index in [1.54, 1.807) is 31.2 Å². The lowest BCUT2D eigenvalue weighted by Crippen LogP contribution is -2.56. The fourth-order valence-electron chi connectivity index (χ4n) is 3.03. The first-order chi connectivity index (χ1) is 14.6. The van der Waals surface area contributed by atoms with Gasteiger partial charge in [0.25, 0.3) is 5.91 Å². The summed E-state index contributed by atoms with van der Waals surface area (Å²) < 4.78 is 10.8. The number of anilines is 1. The average molecular weight is 406 g/mol. The zero-order valence-electron chi connectivity index (χ0n) is 16.8. The van der Waals surface area contributed by atoms with Gasteiger partial charge in [0.1, 0.15) is 6.07 Å². The number of ether oxygens (including phenoxy) is 2. The number of benzene rings is 2. The van der Waals surface area contributed by atoms with Crippen LogP contribution in [0.25, 0.3) is 0 Å². The predicted molar refractivity (Wildman–Crippen MR) is 110 cm³/mol. The van der Waals surface area contributed by atoms with Crippen molar-refractivity contribution in [1.82, 2.24) is 4.90 Å². The second kappa shape index (κ2) is 9.67. The minimum absolute atomic E-state index is 0.239. The molecule has 0 bridgehead atoms. The third kappa shape index (κ3) is 4.47. The molecule has 0 saturated carbocycles. The highest BCUT2D eigenvalue weighted by Gasteiger charge is 2.38. The van der Waals surface area contributed by atoms with E-state index in [9.17, 15) is 14.9 Å². The Morgan fingerprint density at radius 1 is 1.10 bits per heavy atom. The highest BCUT2D eigenvalue weighted by Crippen LogP contribution is 2.26. The lowest BCUT2D eigenvalue weighted by Gasteiger charge is -2.40. The molecule has 0 aromatic heterocycles. The second-order valence-corrected chi connectivity index (χ2v) is 6.37. The van der Waals surface area contributed by atoms with Gasteiger partial charge in [-0.2, -0.15) is 10.4 Å². The van der Waals surface area contributed by atoms with Crippen LogP contribution in [0, 0.1) is 11.3 Å². The van der Waals surface area contributed by atoms with Crippen molar-refractivity contribution in [2.75, 3.05) is 18.2 Å². The fraction of sp³-hybridized carbons (Fsp3) is 0.273. The van der Waals surface area contributed by atoms with Gasteiger partial charge in [-0.1, -0.05) is 30.3 Å². The van der Waals surface area contributed by atoms with E-state index in [4.69, 9.17) is 9.47 Å². The fourth-order valence-corrected chi connectivity index (χ4v) is 3.03. The van der Waals surface area contributed by atoms with Crippen LogP contribution in [0.5, 0.6) is 0 Å². The third-order valence-corrected chi connectivity index (χ3v) is 4.41. The minimum atomic E-state index is -0.840. The summed E-state index contributed by atoms with van der Waals surface area (Å²) in [4.78, 5) is 26.2. The third-order valence-electron chi connectivity index (χ3n) is 4.41. The molecule has 0 fully saturated rings. The van der Waals surface area contributed by atoms with E-state index >= 15 is 0 Å². The maximum Gasteiger partial charge on any atom is 0.338 e. The molecule has 0 aliphatic carbocycles. The van der Waals surface area contributed by atoms with Gasteiger partial charge in [0, 0.05) is 6.61 Å². The first-order valence-corrected chi connectivity index (χ1v) is 9.60. The van der Waals surface area contributed by atoms with E-state index < -0.39 is 18.2 Å². The van der Waals surface area contributed by atoms with Crippen molar-refractivity contribution in [2.45, 2.75) is 26.7 Å². The number of amides is 1. The van der Waals surface area contributed by atoms with Crippen LogP contribution < -0.4 is 5.01 Å². The molecule has 8 nitrogen and oxygen atoms in total. The summed E-state index contributed by atoms with van der Waals surface area (Å²) in [7, 11) is 0. The Bertz CT molecular complexity index is 967. The van der Waals surface area contributed by atoms with E-state index in [1.165, 1.54) is 9.91 Å². The normalized spacial score (nSPS) is 16.1. The van der Waals surface area contributed by atoms with E-state index in [0.717, 1.165) is 5.56 Å². The summed E-state index contributed by atoms with van der Waals surface area (Å²) in [6.45, 7) is 4.42. The Labute approximate surface area is 174 Å². The van der Waals surface area contributed by atoms with Crippen molar-refractivity contribution < 1.29 is 19.1 Å². The van der Waals surface area contributed by atoms with Gasteiger partial charge in [-0.15, -0.1) is 0 Å². The first-order valence-electron chi connectivity index (χ1n) is 9.60. The minimum Gasteiger partial charge on any atom is -0.462 e. The number of nitriles is 1. The summed E-state index contributed by atoms with van der Waals surface area (Å²) in [5.74, 6) is -0.926. The Kier molecular flexibility index (Phi) is 6.78. The molecule has 1 amide bonds. The van der Waals surface area contributed by atoms with Crippen LogP contribution in [0.4, 0.5) is 5.69 Å². The summed E-state index contributed by atoms with van der Waals surface area (Å²) >= 11 is 0. The van der Waals surface area contributed by atoms with Crippen molar-refractivity contribution in [3.05, 3.63) is 65.7 Å². The number of hydrazone groups is 1. The molecule has 1 unspecified atom stereocenters. The molecule has 1 atom stereocenters. The van der Waals surface area contributed by atoms with Gasteiger partial charge in [-0.25, -0.2) is 9.80 Å². The van der Waals surface area contributed by atoms with Gasteiger partial charge in [0.15, 0.2) is 0 Å². The molecule has 1 aliphatic heterocycles. The summed E-state index contributed by atoms with van der Waals surface area (Å²) in [6.07, 6.45) is -0.840. The molecule has 0 spiro atoms. The maximum atomic E-state index is 12.8. The highest BCUT2D eigenvalue weighted by atomic mass is 16.5. The lowest BCUT2D eigenvalue weighted by atomic mass is 10.2. The molecule has 0 saturated heterocycles. The summed E-state index contributed by atoms with van der Waals surface area (Å²) in [5.41, 5.74) is 1.62. The van der Waals surface area contributed by atoms with Crippen LogP contribution in [0.1, 0.15) is 29.8 Å². The van der Waals surface area contributed by atoms with Crippen molar-refractivity contribution in [3.63, 3.8) is 0 Å². The van der Waals surface area contributed by atoms with Gasteiger partial charge in [-0.3, -0.25) is 9.69 Å². The molecule has 154 valence electrons. The molecule has 2 aromatic carbocycles. The molecule has 2 aromatic rings. The van der Waals surface area contributed by atoms with Crippen LogP contribution in [0.3, 0.4) is 0 Å². The molecule has 0 N–H and O–H groups in total. The van der Waals surface area contributed by atoms with Crippen molar-refractivity contribution in [3.8, 4) is 6.07 Å². The Balaban J connectivity index is 1.96. The number of carbonyl (C=O) groups excluding carboxylic acids is 2.